The Bertz CT molecular complexity index is 828. The number of nitrogen functional groups attached to an aromatic ring is 1. The third kappa shape index (κ3) is 2.71. The average molecular weight is 346 g/mol. The summed E-state index contributed by atoms with van der Waals surface area (Å²) in [5.41, 5.74) is 8.26. The molecule has 0 bridgehead atoms. The van der Waals surface area contributed by atoms with Gasteiger partial charge in [0.25, 0.3) is 5.91 Å². The van der Waals surface area contributed by atoms with Crippen LogP contribution < -0.4 is 15.4 Å². The van der Waals surface area contributed by atoms with Crippen molar-refractivity contribution in [2.75, 3.05) is 44.1 Å². The number of aromatic nitrogens is 2. The van der Waals surface area contributed by atoms with Gasteiger partial charge in [0.2, 0.25) is 5.95 Å². The van der Waals surface area contributed by atoms with E-state index in [9.17, 15) is 9.90 Å². The normalized spacial score (nSPS) is 19.4. The minimum absolute atomic E-state index is 0.0663. The summed E-state index contributed by atoms with van der Waals surface area (Å²) >= 11 is 0. The Kier molecular flexibility index (Phi) is 3.81. The quantitative estimate of drug-likeness (QED) is 0.829. The highest BCUT2D eigenvalue weighted by Gasteiger charge is 2.43. The number of methoxy groups -OCH3 is 1. The number of imidazole rings is 1. The second-order valence-electron chi connectivity index (χ2n) is 6.82. The van der Waals surface area contributed by atoms with Crippen LogP contribution in [0.1, 0.15) is 12.8 Å². The lowest BCUT2D eigenvalue weighted by Crippen LogP contribution is -2.41. The lowest BCUT2D eigenvalue weighted by molar-refractivity contribution is -0.125. The molecule has 1 saturated heterocycles. The molecule has 2 aromatic rings. The van der Waals surface area contributed by atoms with E-state index in [0.29, 0.717) is 42.6 Å². The summed E-state index contributed by atoms with van der Waals surface area (Å²) in [6.45, 7) is 1.80. The van der Waals surface area contributed by atoms with Crippen molar-refractivity contribution >= 4 is 28.6 Å². The number of hydrogen-bond donors (Lipinski definition) is 2. The van der Waals surface area contributed by atoms with Crippen molar-refractivity contribution in [2.45, 2.75) is 19.4 Å². The fraction of sp³-hybridized carbons (Fsp3) is 0.529. The topological polar surface area (TPSA) is 103 Å². The summed E-state index contributed by atoms with van der Waals surface area (Å²) in [5.74, 6) is 0.897. The van der Waals surface area contributed by atoms with Crippen LogP contribution in [0.15, 0.2) is 12.1 Å². The average Bonchev–Trinajstić information content (AvgIpc) is 3.34. The lowest BCUT2D eigenvalue weighted by atomic mass is 10.1. The van der Waals surface area contributed by atoms with Crippen molar-refractivity contribution in [1.29, 1.82) is 0 Å². The van der Waals surface area contributed by atoms with Crippen LogP contribution >= 0.6 is 0 Å². The van der Waals surface area contributed by atoms with Crippen molar-refractivity contribution in [2.24, 2.45) is 5.41 Å². The predicted octanol–water partition coefficient (Wildman–Crippen LogP) is 0.763. The molecule has 0 atom stereocenters. The van der Waals surface area contributed by atoms with E-state index in [1.54, 1.807) is 12.0 Å². The minimum atomic E-state index is -0.103. The number of morpholine rings is 1. The van der Waals surface area contributed by atoms with Crippen LogP contribution in [0, 0.1) is 5.41 Å². The van der Waals surface area contributed by atoms with Gasteiger partial charge >= 0.3 is 0 Å². The SMILES string of the molecule is COc1cc2c(cc1N1CCOCC1=O)nc(N)n2CC1(CO)CC1. The number of fused-ring (bicyclic) bond motifs is 1. The first kappa shape index (κ1) is 16.2. The Hall–Kier alpha value is -2.32. The number of amides is 1. The molecule has 1 aromatic heterocycles. The molecule has 2 aliphatic rings. The van der Waals surface area contributed by atoms with Crippen molar-refractivity contribution in [1.82, 2.24) is 9.55 Å². The van der Waals surface area contributed by atoms with E-state index < -0.39 is 0 Å². The van der Waals surface area contributed by atoms with Gasteiger partial charge in [-0.2, -0.15) is 0 Å². The van der Waals surface area contributed by atoms with Crippen LogP contribution in [0.25, 0.3) is 11.0 Å². The molecule has 1 aliphatic carbocycles. The molecule has 8 nitrogen and oxygen atoms in total. The molecule has 8 heteroatoms. The molecular formula is C17H22N4O4. The van der Waals surface area contributed by atoms with Crippen LogP contribution in [-0.2, 0) is 16.1 Å². The van der Waals surface area contributed by atoms with Gasteiger partial charge in [0.15, 0.2) is 0 Å². The van der Waals surface area contributed by atoms with Gasteiger partial charge in [-0.3, -0.25) is 4.79 Å². The highest BCUT2D eigenvalue weighted by molar-refractivity contribution is 5.99. The Labute approximate surface area is 145 Å². The van der Waals surface area contributed by atoms with Crippen LogP contribution in [0.5, 0.6) is 5.75 Å². The summed E-state index contributed by atoms with van der Waals surface area (Å²) in [4.78, 5) is 18.3. The molecule has 0 spiro atoms. The van der Waals surface area contributed by atoms with Crippen LogP contribution in [0.3, 0.4) is 0 Å². The van der Waals surface area contributed by atoms with Gasteiger partial charge < -0.3 is 29.8 Å². The zero-order chi connectivity index (χ0) is 17.6. The van der Waals surface area contributed by atoms with E-state index in [0.717, 1.165) is 18.4 Å². The number of benzene rings is 1. The number of anilines is 2. The van der Waals surface area contributed by atoms with Gasteiger partial charge in [0.1, 0.15) is 12.4 Å². The first-order valence-corrected chi connectivity index (χ1v) is 8.40. The molecule has 1 aliphatic heterocycles. The largest absolute Gasteiger partial charge is 0.494 e. The molecule has 2 heterocycles. The fourth-order valence-corrected chi connectivity index (χ4v) is 3.35. The minimum Gasteiger partial charge on any atom is -0.494 e. The Morgan fingerprint density at radius 3 is 2.88 bits per heavy atom. The Morgan fingerprint density at radius 2 is 2.24 bits per heavy atom. The van der Waals surface area contributed by atoms with Gasteiger partial charge in [-0.25, -0.2) is 4.98 Å². The molecular weight excluding hydrogens is 324 g/mol. The van der Waals surface area contributed by atoms with Gasteiger partial charge in [-0.15, -0.1) is 0 Å². The highest BCUT2D eigenvalue weighted by atomic mass is 16.5. The molecule has 4 rings (SSSR count). The van der Waals surface area contributed by atoms with E-state index in [2.05, 4.69) is 4.98 Å². The molecule has 1 amide bonds. The third-order valence-electron chi connectivity index (χ3n) is 5.14. The van der Waals surface area contributed by atoms with E-state index >= 15 is 0 Å². The summed E-state index contributed by atoms with van der Waals surface area (Å²) in [6.07, 6.45) is 1.97. The maximum absolute atomic E-state index is 12.2. The van der Waals surface area contributed by atoms with Gasteiger partial charge in [0.05, 0.1) is 37.0 Å². The molecule has 2 fully saturated rings. The van der Waals surface area contributed by atoms with E-state index in [1.165, 1.54) is 0 Å². The van der Waals surface area contributed by atoms with Crippen molar-refractivity contribution in [3.05, 3.63) is 12.1 Å². The van der Waals surface area contributed by atoms with Crippen LogP contribution in [0.4, 0.5) is 11.6 Å². The summed E-state index contributed by atoms with van der Waals surface area (Å²) in [6, 6.07) is 3.70. The molecule has 1 aromatic carbocycles. The smallest absolute Gasteiger partial charge is 0.253 e. The number of nitrogens with two attached hydrogens (primary N) is 1. The monoisotopic (exact) mass is 346 g/mol. The van der Waals surface area contributed by atoms with E-state index in [4.69, 9.17) is 15.2 Å². The number of ether oxygens (including phenoxy) is 2. The molecule has 1 saturated carbocycles. The second-order valence-corrected chi connectivity index (χ2v) is 6.82. The first-order chi connectivity index (χ1) is 12.1. The van der Waals surface area contributed by atoms with Crippen molar-refractivity contribution in [3.8, 4) is 5.75 Å². The maximum atomic E-state index is 12.2. The Balaban J connectivity index is 1.78. The number of carbonyl (C=O) groups is 1. The van der Waals surface area contributed by atoms with E-state index in [1.807, 2.05) is 16.7 Å². The molecule has 0 unspecified atom stereocenters. The van der Waals surface area contributed by atoms with E-state index in [-0.39, 0.29) is 24.5 Å². The summed E-state index contributed by atoms with van der Waals surface area (Å²) in [7, 11) is 1.58. The lowest BCUT2D eigenvalue weighted by Gasteiger charge is -2.28. The number of aliphatic hydroxyl groups excluding tert-OH is 1. The number of hydrogen-bond acceptors (Lipinski definition) is 6. The van der Waals surface area contributed by atoms with Crippen LogP contribution in [0.2, 0.25) is 0 Å². The summed E-state index contributed by atoms with van der Waals surface area (Å²) in [5, 5.41) is 9.61. The number of aliphatic hydroxyl groups is 1. The van der Waals surface area contributed by atoms with Gasteiger partial charge in [0, 0.05) is 24.6 Å². The predicted molar refractivity (Wildman–Crippen MR) is 92.6 cm³/mol. The number of nitrogens with zero attached hydrogens (tertiary/aromatic N) is 3. The zero-order valence-electron chi connectivity index (χ0n) is 14.2. The van der Waals surface area contributed by atoms with Crippen molar-refractivity contribution in [3.63, 3.8) is 0 Å². The Morgan fingerprint density at radius 1 is 1.44 bits per heavy atom. The van der Waals surface area contributed by atoms with Crippen molar-refractivity contribution < 1.29 is 19.4 Å². The summed E-state index contributed by atoms with van der Waals surface area (Å²) < 4.78 is 12.6. The molecule has 0 radical (unpaired) electrons. The maximum Gasteiger partial charge on any atom is 0.253 e. The number of carbonyl (C=O) groups excluding carboxylic acids is 1. The first-order valence-electron chi connectivity index (χ1n) is 8.40. The van der Waals surface area contributed by atoms with Crippen LogP contribution in [-0.4, -0.2) is 54.0 Å². The standard InChI is InChI=1S/C17H22N4O4/c1-24-14-7-12-11(6-13(14)20-4-5-25-8-15(20)23)19-16(18)21(12)9-17(10-22)2-3-17/h6-7,22H,2-5,8-10H2,1H3,(H2,18,19). The highest BCUT2D eigenvalue weighted by Crippen LogP contribution is 2.47. The third-order valence-corrected chi connectivity index (χ3v) is 5.14. The second kappa shape index (κ2) is 5.89. The zero-order valence-corrected chi connectivity index (χ0v) is 14.2. The molecule has 3 N–H and O–H groups in total. The molecule has 25 heavy (non-hydrogen) atoms. The van der Waals surface area contributed by atoms with Gasteiger partial charge in [-0.1, -0.05) is 0 Å². The molecule has 134 valence electrons. The number of rotatable bonds is 5. The van der Waals surface area contributed by atoms with Gasteiger partial charge in [-0.05, 0) is 18.9 Å². The fourth-order valence-electron chi connectivity index (χ4n) is 3.35.